The Bertz CT molecular complexity index is 526. The van der Waals surface area contributed by atoms with Crippen LogP contribution in [-0.4, -0.2) is 15.2 Å². The molecule has 1 unspecified atom stereocenters. The molecule has 0 radical (unpaired) electrons. The average molecular weight is 187 g/mol. The molecule has 1 aromatic carbocycles. The Balaban J connectivity index is 2.03. The van der Waals surface area contributed by atoms with Crippen LogP contribution in [0.15, 0.2) is 29.1 Å². The molecule has 14 heavy (non-hydrogen) atoms. The van der Waals surface area contributed by atoms with Gasteiger partial charge in [-0.1, -0.05) is 24.3 Å². The number of nitrogens with one attached hydrogen (secondary N) is 2. The van der Waals surface area contributed by atoms with Crippen LogP contribution in [0.3, 0.4) is 0 Å². The zero-order valence-corrected chi connectivity index (χ0v) is 7.45. The molecular formula is C10H9N3O. The molecule has 1 aromatic heterocycles. The van der Waals surface area contributed by atoms with E-state index < -0.39 is 0 Å². The standard InChI is InChI=1S/C10H9N3O/c14-10-11-9(12-13-10)8-5-6-3-1-2-4-7(6)8/h1-4,8H,5H2,(H2,11,12,13,14). The SMILES string of the molecule is O=c1[nH]nc(C2Cc3ccccc32)[nH]1. The Hall–Kier alpha value is -1.84. The van der Waals surface area contributed by atoms with Crippen LogP contribution in [0.25, 0.3) is 0 Å². The minimum Gasteiger partial charge on any atom is -0.292 e. The van der Waals surface area contributed by atoms with Crippen LogP contribution < -0.4 is 5.69 Å². The molecule has 1 aliphatic rings. The molecule has 2 N–H and O–H groups in total. The highest BCUT2D eigenvalue weighted by molar-refractivity contribution is 5.43. The average Bonchev–Trinajstić information content (AvgIpc) is 2.54. The number of aromatic nitrogens is 3. The lowest BCUT2D eigenvalue weighted by molar-refractivity contribution is 0.663. The minimum absolute atomic E-state index is 0.232. The van der Waals surface area contributed by atoms with Crippen LogP contribution in [0.4, 0.5) is 0 Å². The summed E-state index contributed by atoms with van der Waals surface area (Å²) in [7, 11) is 0. The zero-order valence-electron chi connectivity index (χ0n) is 7.45. The van der Waals surface area contributed by atoms with Gasteiger partial charge in [0.25, 0.3) is 0 Å². The summed E-state index contributed by atoms with van der Waals surface area (Å²) < 4.78 is 0. The van der Waals surface area contributed by atoms with Crippen molar-refractivity contribution in [3.63, 3.8) is 0 Å². The predicted molar refractivity (Wildman–Crippen MR) is 51.2 cm³/mol. The fourth-order valence-electron chi connectivity index (χ4n) is 1.95. The summed E-state index contributed by atoms with van der Waals surface area (Å²) in [5, 5.41) is 6.33. The molecular weight excluding hydrogens is 178 g/mol. The summed E-state index contributed by atoms with van der Waals surface area (Å²) in [4.78, 5) is 13.6. The monoisotopic (exact) mass is 187 g/mol. The largest absolute Gasteiger partial charge is 0.340 e. The van der Waals surface area contributed by atoms with Crippen LogP contribution in [-0.2, 0) is 6.42 Å². The maximum Gasteiger partial charge on any atom is 0.340 e. The van der Waals surface area contributed by atoms with E-state index in [2.05, 4.69) is 27.3 Å². The Morgan fingerprint density at radius 1 is 1.36 bits per heavy atom. The van der Waals surface area contributed by atoms with E-state index in [1.807, 2.05) is 12.1 Å². The van der Waals surface area contributed by atoms with Gasteiger partial charge in [-0.15, -0.1) is 0 Å². The number of benzene rings is 1. The predicted octanol–water partition coefficient (Wildman–Crippen LogP) is 0.786. The van der Waals surface area contributed by atoms with Crippen LogP contribution in [0.5, 0.6) is 0 Å². The summed E-state index contributed by atoms with van der Waals surface area (Å²) in [6, 6.07) is 8.23. The quantitative estimate of drug-likeness (QED) is 0.693. The highest BCUT2D eigenvalue weighted by Gasteiger charge is 2.29. The van der Waals surface area contributed by atoms with E-state index in [-0.39, 0.29) is 11.6 Å². The first-order valence-electron chi connectivity index (χ1n) is 4.57. The lowest BCUT2D eigenvalue weighted by Crippen LogP contribution is -2.19. The molecule has 1 aliphatic carbocycles. The van der Waals surface area contributed by atoms with E-state index in [1.165, 1.54) is 11.1 Å². The Kier molecular flexibility index (Phi) is 1.39. The van der Waals surface area contributed by atoms with Crippen molar-refractivity contribution in [3.8, 4) is 0 Å². The van der Waals surface area contributed by atoms with Gasteiger partial charge in [-0.25, -0.2) is 9.89 Å². The van der Waals surface area contributed by atoms with E-state index in [0.717, 1.165) is 12.2 Å². The molecule has 0 saturated heterocycles. The van der Waals surface area contributed by atoms with E-state index in [9.17, 15) is 4.79 Å². The third-order valence-electron chi connectivity index (χ3n) is 2.70. The van der Waals surface area contributed by atoms with Crippen LogP contribution >= 0.6 is 0 Å². The number of nitrogens with zero attached hydrogens (tertiary/aromatic N) is 1. The van der Waals surface area contributed by atoms with Gasteiger partial charge in [-0.3, -0.25) is 4.98 Å². The summed E-state index contributed by atoms with van der Waals surface area (Å²) in [6.07, 6.45) is 0.969. The van der Waals surface area contributed by atoms with Crippen molar-refractivity contribution in [2.24, 2.45) is 0 Å². The Morgan fingerprint density at radius 3 is 2.93 bits per heavy atom. The highest BCUT2D eigenvalue weighted by atomic mass is 16.1. The lowest BCUT2D eigenvalue weighted by Gasteiger charge is -2.27. The number of aromatic amines is 2. The summed E-state index contributed by atoms with van der Waals surface area (Å²) in [5.74, 6) is 1.01. The van der Waals surface area contributed by atoms with Crippen molar-refractivity contribution in [1.82, 2.24) is 15.2 Å². The fraction of sp³-hybridized carbons (Fsp3) is 0.200. The third kappa shape index (κ3) is 0.937. The summed E-state index contributed by atoms with van der Waals surface area (Å²) in [5.41, 5.74) is 2.39. The van der Waals surface area contributed by atoms with Gasteiger partial charge < -0.3 is 0 Å². The zero-order chi connectivity index (χ0) is 9.54. The molecule has 1 heterocycles. The first-order chi connectivity index (χ1) is 6.84. The maximum absolute atomic E-state index is 10.9. The molecule has 0 aliphatic heterocycles. The molecule has 0 bridgehead atoms. The van der Waals surface area contributed by atoms with Gasteiger partial charge in [0.1, 0.15) is 5.82 Å². The van der Waals surface area contributed by atoms with E-state index in [0.29, 0.717) is 0 Å². The molecule has 0 saturated carbocycles. The molecule has 0 amide bonds. The molecule has 1 atom stereocenters. The highest BCUT2D eigenvalue weighted by Crippen LogP contribution is 2.37. The van der Waals surface area contributed by atoms with Crippen LogP contribution in [0, 0.1) is 0 Å². The van der Waals surface area contributed by atoms with Gasteiger partial charge in [0.2, 0.25) is 0 Å². The smallest absolute Gasteiger partial charge is 0.292 e. The lowest BCUT2D eigenvalue weighted by atomic mass is 9.77. The molecule has 4 heteroatoms. The van der Waals surface area contributed by atoms with Gasteiger partial charge in [0.05, 0.1) is 0 Å². The summed E-state index contributed by atoms with van der Waals surface area (Å²) >= 11 is 0. The molecule has 4 nitrogen and oxygen atoms in total. The number of hydrogen-bond acceptors (Lipinski definition) is 2. The van der Waals surface area contributed by atoms with Crippen molar-refractivity contribution >= 4 is 0 Å². The fourth-order valence-corrected chi connectivity index (χ4v) is 1.95. The summed E-state index contributed by atoms with van der Waals surface area (Å²) in [6.45, 7) is 0. The first-order valence-corrected chi connectivity index (χ1v) is 4.57. The molecule has 2 aromatic rings. The van der Waals surface area contributed by atoms with Crippen molar-refractivity contribution in [2.45, 2.75) is 12.3 Å². The van der Waals surface area contributed by atoms with E-state index >= 15 is 0 Å². The molecule has 0 fully saturated rings. The second-order valence-electron chi connectivity index (χ2n) is 3.52. The normalized spacial score (nSPS) is 18.7. The molecule has 70 valence electrons. The van der Waals surface area contributed by atoms with Gasteiger partial charge >= 0.3 is 5.69 Å². The van der Waals surface area contributed by atoms with Crippen LogP contribution in [0.1, 0.15) is 22.9 Å². The van der Waals surface area contributed by atoms with Crippen molar-refractivity contribution in [2.75, 3.05) is 0 Å². The van der Waals surface area contributed by atoms with Gasteiger partial charge in [-0.2, -0.15) is 5.10 Å². The van der Waals surface area contributed by atoms with Gasteiger partial charge in [0, 0.05) is 5.92 Å². The van der Waals surface area contributed by atoms with Crippen molar-refractivity contribution in [3.05, 3.63) is 51.7 Å². The van der Waals surface area contributed by atoms with Crippen LogP contribution in [0.2, 0.25) is 0 Å². The third-order valence-corrected chi connectivity index (χ3v) is 2.70. The second-order valence-corrected chi connectivity index (χ2v) is 3.52. The number of fused-ring (bicyclic) bond motifs is 1. The topological polar surface area (TPSA) is 61.5 Å². The second kappa shape index (κ2) is 2.57. The van der Waals surface area contributed by atoms with Crippen molar-refractivity contribution in [1.29, 1.82) is 0 Å². The maximum atomic E-state index is 10.9. The molecule has 0 spiro atoms. The van der Waals surface area contributed by atoms with Gasteiger partial charge in [0.15, 0.2) is 0 Å². The molecule has 3 rings (SSSR count). The Morgan fingerprint density at radius 2 is 2.21 bits per heavy atom. The van der Waals surface area contributed by atoms with E-state index in [4.69, 9.17) is 0 Å². The van der Waals surface area contributed by atoms with E-state index in [1.54, 1.807) is 0 Å². The number of H-pyrrole nitrogens is 2. The Labute approximate surface area is 80.0 Å². The number of hydrogen-bond donors (Lipinski definition) is 2. The first kappa shape index (κ1) is 7.55. The van der Waals surface area contributed by atoms with Crippen molar-refractivity contribution < 1.29 is 0 Å². The van der Waals surface area contributed by atoms with Gasteiger partial charge in [-0.05, 0) is 17.5 Å². The minimum atomic E-state index is -0.232. The number of rotatable bonds is 1.